The fourth-order valence-electron chi connectivity index (χ4n) is 20.4. The molecular weight excluding hydrogens is 773 g/mol. The Morgan fingerprint density at radius 2 is 0.778 bits per heavy atom. The molecule has 0 saturated heterocycles. The van der Waals surface area contributed by atoms with Gasteiger partial charge >= 0.3 is 0 Å². The summed E-state index contributed by atoms with van der Waals surface area (Å²) in [6.45, 7) is 20.3. The van der Waals surface area contributed by atoms with E-state index in [1.807, 2.05) is 0 Å². The Balaban J connectivity index is 0.930. The molecule has 2 aromatic rings. The molecule has 0 aliphatic heterocycles. The molecule has 14 rings (SSSR count). The number of benzene rings is 2. The van der Waals surface area contributed by atoms with Crippen molar-refractivity contribution in [2.45, 2.75) is 179 Å². The zero-order valence-electron chi connectivity index (χ0n) is 41.0. The fourth-order valence-corrected chi connectivity index (χ4v) is 26.4. The van der Waals surface area contributed by atoms with Gasteiger partial charge in [-0.15, -0.1) is 0 Å². The van der Waals surface area contributed by atoms with Crippen LogP contribution in [0.25, 0.3) is 11.1 Å². The van der Waals surface area contributed by atoms with E-state index in [1.54, 1.807) is 101 Å². The molecule has 12 aliphatic carbocycles. The maximum absolute atomic E-state index is 3.03. The highest BCUT2D eigenvalue weighted by atomic mass is 28.3. The number of hydrogen-bond donors (Lipinski definition) is 0. The van der Waals surface area contributed by atoms with Crippen molar-refractivity contribution in [3.05, 3.63) is 107 Å². The van der Waals surface area contributed by atoms with E-state index in [1.165, 1.54) is 35.1 Å². The van der Waals surface area contributed by atoms with Crippen LogP contribution >= 0.6 is 0 Å². The van der Waals surface area contributed by atoms with Gasteiger partial charge in [0.2, 0.25) is 0 Å². The summed E-state index contributed by atoms with van der Waals surface area (Å²) in [5.41, 5.74) is 12.7. The first-order valence-electron chi connectivity index (χ1n) is 27.0. The largest absolute Gasteiger partial charge is 0.0808 e. The summed E-state index contributed by atoms with van der Waals surface area (Å²) < 4.78 is 0. The molecule has 0 radical (unpaired) electrons. The van der Waals surface area contributed by atoms with E-state index < -0.39 is 8.07 Å². The fraction of sp³-hybridized carbons (Fsp3) is 0.677. The van der Waals surface area contributed by atoms with Crippen LogP contribution < -0.4 is 0 Å². The second-order valence-electron chi connectivity index (χ2n) is 28.1. The molecule has 12 aliphatic rings. The molecule has 63 heavy (non-hydrogen) atoms. The number of fused-ring (bicyclic) bond motifs is 2. The summed E-state index contributed by atoms with van der Waals surface area (Å²) in [7, 11) is -1.94. The van der Waals surface area contributed by atoms with Gasteiger partial charge in [0.1, 0.15) is 0 Å². The van der Waals surface area contributed by atoms with Gasteiger partial charge in [0.15, 0.2) is 0 Å². The van der Waals surface area contributed by atoms with Crippen LogP contribution in [0.1, 0.15) is 167 Å². The van der Waals surface area contributed by atoms with Crippen LogP contribution in [-0.2, 0) is 10.8 Å². The normalized spacial score (nSPS) is 43.3. The Bertz CT molecular complexity index is 1960. The van der Waals surface area contributed by atoms with Gasteiger partial charge in [-0.3, -0.25) is 0 Å². The minimum absolute atomic E-state index is 0.184. The first kappa shape index (κ1) is 42.0. The zero-order chi connectivity index (χ0) is 43.3. The molecule has 0 aromatic heterocycles. The van der Waals surface area contributed by atoms with Gasteiger partial charge in [0, 0.05) is 0 Å². The first-order chi connectivity index (χ1) is 30.0. The van der Waals surface area contributed by atoms with E-state index in [9.17, 15) is 0 Å². The van der Waals surface area contributed by atoms with Crippen molar-refractivity contribution < 1.29 is 0 Å². The van der Waals surface area contributed by atoms with Gasteiger partial charge < -0.3 is 0 Å². The summed E-state index contributed by atoms with van der Waals surface area (Å²) in [5.74, 6) is 10.7. The molecule has 8 atom stereocenters. The standard InChI is InChI=1S/C62H84Si/c1-59(2,3)49-19-15-45(16-20-49)51-11-9-13-53-55(51)29-47(37-61-31-39-23-40(32-61)25-41(24-39)33-61)57(53)63(7,8)58-48(38-62-34-42-26-43(35-62)28-44(27-42)36-62)30-56-52(12-10-14-54(56)58)46-17-21-50(22-18-46)60(4,5)6/h9-22,39-44,47-48,53-58H,23-38H2,1-8H3. The summed E-state index contributed by atoms with van der Waals surface area (Å²) in [6, 6.07) is 19.9. The lowest BCUT2D eigenvalue weighted by Gasteiger charge is -2.59. The van der Waals surface area contributed by atoms with Crippen molar-refractivity contribution in [2.24, 2.45) is 81.8 Å². The third-order valence-corrected chi connectivity index (χ3v) is 26.7. The maximum Gasteiger partial charge on any atom is 0.0553 e. The SMILES string of the molecule is CC(C)(C)c1ccc(C2=CC=CC3C2CC(CC24CC5CC(CC(C5)C2)C4)C3[Si](C)(C)C2C(CC34CC5CC(CC(C5)C3)C4)CC3C(c4ccc(C(C)(C)C)cc4)=CC=CC32)cc1. The molecule has 0 spiro atoms. The van der Waals surface area contributed by atoms with E-state index in [-0.39, 0.29) is 10.8 Å². The molecule has 10 fully saturated rings. The Kier molecular flexibility index (Phi) is 9.87. The Labute approximate surface area is 385 Å². The lowest BCUT2D eigenvalue weighted by Crippen LogP contribution is -2.51. The lowest BCUT2D eigenvalue weighted by molar-refractivity contribution is -0.0659. The maximum atomic E-state index is 3.03. The van der Waals surface area contributed by atoms with Gasteiger partial charge in [0.05, 0.1) is 8.07 Å². The van der Waals surface area contributed by atoms with E-state index in [0.717, 1.165) is 58.4 Å². The van der Waals surface area contributed by atoms with Crippen molar-refractivity contribution in [3.63, 3.8) is 0 Å². The molecule has 0 nitrogen and oxygen atoms in total. The second-order valence-corrected chi connectivity index (χ2v) is 33.1. The monoisotopic (exact) mass is 857 g/mol. The summed E-state index contributed by atoms with van der Waals surface area (Å²) in [4.78, 5) is 0. The van der Waals surface area contributed by atoms with Crippen LogP contribution in [0.4, 0.5) is 0 Å². The molecule has 0 heterocycles. The highest BCUT2D eigenvalue weighted by molar-refractivity contribution is 6.80. The minimum atomic E-state index is -1.94. The topological polar surface area (TPSA) is 0 Å². The van der Waals surface area contributed by atoms with Crippen LogP contribution in [0.15, 0.2) is 85.0 Å². The van der Waals surface area contributed by atoms with Crippen molar-refractivity contribution >= 4 is 19.2 Å². The summed E-state index contributed by atoms with van der Waals surface area (Å²) in [6.07, 6.45) is 40.7. The van der Waals surface area contributed by atoms with Gasteiger partial charge in [-0.05, 0) is 240 Å². The highest BCUT2D eigenvalue weighted by Crippen LogP contribution is 2.71. The molecular formula is C62H84Si. The van der Waals surface area contributed by atoms with Crippen LogP contribution in [0, 0.1) is 81.8 Å². The third-order valence-electron chi connectivity index (χ3n) is 21.5. The second kappa shape index (κ2) is 14.8. The first-order valence-corrected chi connectivity index (χ1v) is 30.2. The van der Waals surface area contributed by atoms with E-state index >= 15 is 0 Å². The third kappa shape index (κ3) is 7.22. The van der Waals surface area contributed by atoms with Crippen molar-refractivity contribution in [1.82, 2.24) is 0 Å². The molecule has 8 bridgehead atoms. The minimum Gasteiger partial charge on any atom is -0.0808 e. The van der Waals surface area contributed by atoms with E-state index in [4.69, 9.17) is 0 Å². The van der Waals surface area contributed by atoms with Gasteiger partial charge in [-0.2, -0.15) is 0 Å². The Hall–Kier alpha value is -2.38. The number of allylic oxidation sites excluding steroid dienone is 8. The quantitative estimate of drug-likeness (QED) is 0.232. The van der Waals surface area contributed by atoms with Crippen LogP contribution in [0.3, 0.4) is 0 Å². The Morgan fingerprint density at radius 1 is 0.460 bits per heavy atom. The van der Waals surface area contributed by atoms with Crippen molar-refractivity contribution in [3.8, 4) is 0 Å². The molecule has 2 aromatic carbocycles. The number of rotatable bonds is 8. The van der Waals surface area contributed by atoms with Gasteiger partial charge in [-0.25, -0.2) is 0 Å². The molecule has 0 N–H and O–H groups in total. The average molecular weight is 857 g/mol. The smallest absolute Gasteiger partial charge is 0.0553 e. The highest BCUT2D eigenvalue weighted by Gasteiger charge is 2.63. The van der Waals surface area contributed by atoms with Crippen LogP contribution in [0.5, 0.6) is 0 Å². The summed E-state index contributed by atoms with van der Waals surface area (Å²) >= 11 is 0. The van der Waals surface area contributed by atoms with Crippen LogP contribution in [-0.4, -0.2) is 8.07 Å². The lowest BCUT2D eigenvalue weighted by atomic mass is 9.48. The van der Waals surface area contributed by atoms with Crippen molar-refractivity contribution in [2.75, 3.05) is 0 Å². The molecule has 1 heteroatoms. The zero-order valence-corrected chi connectivity index (χ0v) is 42.0. The number of hydrogen-bond acceptors (Lipinski definition) is 0. The Morgan fingerprint density at radius 3 is 1.08 bits per heavy atom. The average Bonchev–Trinajstić information content (AvgIpc) is 3.77. The van der Waals surface area contributed by atoms with Gasteiger partial charge in [0.25, 0.3) is 0 Å². The van der Waals surface area contributed by atoms with Crippen LogP contribution in [0.2, 0.25) is 24.2 Å². The van der Waals surface area contributed by atoms with Gasteiger partial charge in [-0.1, -0.05) is 140 Å². The predicted octanol–water partition coefficient (Wildman–Crippen LogP) is 17.1. The molecule has 336 valence electrons. The molecule has 8 unspecified atom stereocenters. The van der Waals surface area contributed by atoms with E-state index in [2.05, 4.69) is 140 Å². The predicted molar refractivity (Wildman–Crippen MR) is 270 cm³/mol. The molecule has 0 amide bonds. The molecule has 10 saturated carbocycles. The summed E-state index contributed by atoms with van der Waals surface area (Å²) in [5, 5.41) is 0. The van der Waals surface area contributed by atoms with Crippen molar-refractivity contribution in [1.29, 1.82) is 0 Å². The van der Waals surface area contributed by atoms with E-state index in [0.29, 0.717) is 34.5 Å².